The zero-order valence-electron chi connectivity index (χ0n) is 16.2. The van der Waals surface area contributed by atoms with E-state index in [1.54, 1.807) is 12.1 Å². The Morgan fingerprint density at radius 1 is 1.19 bits per heavy atom. The van der Waals surface area contributed by atoms with Gasteiger partial charge in [-0.25, -0.2) is 13.1 Å². The molecular weight excluding hydrogens is 364 g/mol. The Hall–Kier alpha value is -1.64. The number of hydrogen-bond donors (Lipinski definition) is 4. The minimum atomic E-state index is -3.43. The minimum Gasteiger partial charge on any atom is -0.383 e. The highest BCUT2D eigenvalue weighted by atomic mass is 32.2. The van der Waals surface area contributed by atoms with Gasteiger partial charge in [0, 0.05) is 18.3 Å². The van der Waals surface area contributed by atoms with E-state index in [1.807, 2.05) is 6.92 Å². The van der Waals surface area contributed by atoms with Crippen LogP contribution in [0.25, 0.3) is 0 Å². The fraction of sp³-hybridized carbons (Fsp3) is 0.632. The molecule has 7 nitrogen and oxygen atoms in total. The second-order valence-corrected chi connectivity index (χ2v) is 9.26. The van der Waals surface area contributed by atoms with Gasteiger partial charge in [0.2, 0.25) is 15.9 Å². The van der Waals surface area contributed by atoms with Crippen LogP contribution in [0.3, 0.4) is 0 Å². The molecule has 152 valence electrons. The number of carbonyl (C=O) groups excluding carboxylic acids is 1. The highest BCUT2D eigenvalue weighted by molar-refractivity contribution is 7.89. The molecule has 0 heterocycles. The largest absolute Gasteiger partial charge is 0.383 e. The lowest BCUT2D eigenvalue weighted by atomic mass is 9.85. The van der Waals surface area contributed by atoms with E-state index in [1.165, 1.54) is 51.3 Å². The first-order valence-corrected chi connectivity index (χ1v) is 11.1. The molecule has 1 amide bonds. The number of carbonyl (C=O) groups is 1. The Morgan fingerprint density at radius 3 is 2.41 bits per heavy atom. The van der Waals surface area contributed by atoms with Crippen LogP contribution in [0.2, 0.25) is 0 Å². The van der Waals surface area contributed by atoms with Crippen molar-refractivity contribution in [2.75, 3.05) is 18.9 Å². The molecule has 0 spiro atoms. The molecule has 1 aromatic rings. The lowest BCUT2D eigenvalue weighted by Gasteiger charge is -2.25. The average Bonchev–Trinajstić information content (AvgIpc) is 2.67. The second-order valence-electron chi connectivity index (χ2n) is 7.37. The molecule has 27 heavy (non-hydrogen) atoms. The molecule has 0 aliphatic heterocycles. The van der Waals surface area contributed by atoms with Crippen molar-refractivity contribution in [3.63, 3.8) is 0 Å². The molecule has 1 aliphatic carbocycles. The van der Waals surface area contributed by atoms with E-state index in [2.05, 4.69) is 15.4 Å². The van der Waals surface area contributed by atoms with E-state index in [4.69, 9.17) is 5.73 Å². The summed E-state index contributed by atoms with van der Waals surface area (Å²) in [6.45, 7) is 2.44. The molecule has 1 aromatic carbocycles. The second kappa shape index (κ2) is 10.1. The molecule has 8 heteroatoms. The van der Waals surface area contributed by atoms with E-state index in [0.717, 1.165) is 12.1 Å². The van der Waals surface area contributed by atoms with Crippen LogP contribution in [0.15, 0.2) is 29.2 Å². The Balaban J connectivity index is 1.76. The van der Waals surface area contributed by atoms with Crippen LogP contribution < -0.4 is 21.1 Å². The van der Waals surface area contributed by atoms with Gasteiger partial charge in [0.1, 0.15) is 0 Å². The van der Waals surface area contributed by atoms with Gasteiger partial charge in [0.15, 0.2) is 0 Å². The normalized spacial score (nSPS) is 17.9. The van der Waals surface area contributed by atoms with Gasteiger partial charge in [-0.1, -0.05) is 32.1 Å². The van der Waals surface area contributed by atoms with Gasteiger partial charge in [-0.15, -0.1) is 0 Å². The van der Waals surface area contributed by atoms with Crippen molar-refractivity contribution in [3.8, 4) is 0 Å². The van der Waals surface area contributed by atoms with Crippen molar-refractivity contribution < 1.29 is 13.2 Å². The molecule has 2 rings (SSSR count). The third-order valence-electron chi connectivity index (χ3n) is 5.08. The van der Waals surface area contributed by atoms with Gasteiger partial charge >= 0.3 is 0 Å². The van der Waals surface area contributed by atoms with Gasteiger partial charge < -0.3 is 16.4 Å². The smallest absolute Gasteiger partial charge is 0.240 e. The Kier molecular flexibility index (Phi) is 8.07. The van der Waals surface area contributed by atoms with E-state index in [0.29, 0.717) is 12.5 Å². The zero-order valence-corrected chi connectivity index (χ0v) is 17.0. The molecular formula is C19H32N4O3S. The number of anilines is 1. The lowest BCUT2D eigenvalue weighted by molar-refractivity contribution is -0.123. The average molecular weight is 397 g/mol. The zero-order chi connectivity index (χ0) is 19.9. The molecule has 1 aliphatic rings. The molecule has 0 radical (unpaired) electrons. The minimum absolute atomic E-state index is 0.0874. The maximum atomic E-state index is 12.3. The Labute approximate surface area is 162 Å². The van der Waals surface area contributed by atoms with Crippen LogP contribution in [-0.2, 0) is 14.8 Å². The fourth-order valence-corrected chi connectivity index (χ4v) is 4.16. The third-order valence-corrected chi connectivity index (χ3v) is 6.51. The van der Waals surface area contributed by atoms with E-state index in [-0.39, 0.29) is 16.8 Å². The van der Waals surface area contributed by atoms with Crippen LogP contribution >= 0.6 is 0 Å². The van der Waals surface area contributed by atoms with Gasteiger partial charge in [-0.05, 0) is 50.6 Å². The quantitative estimate of drug-likeness (QED) is 0.508. The molecule has 1 fully saturated rings. The summed E-state index contributed by atoms with van der Waals surface area (Å²) < 4.78 is 25.7. The summed E-state index contributed by atoms with van der Waals surface area (Å²) >= 11 is 0. The summed E-state index contributed by atoms with van der Waals surface area (Å²) in [4.78, 5) is 12.5. The van der Waals surface area contributed by atoms with Crippen LogP contribution in [0.5, 0.6) is 0 Å². The first kappa shape index (κ1) is 21.7. The van der Waals surface area contributed by atoms with Crippen molar-refractivity contribution >= 4 is 21.6 Å². The molecule has 2 atom stereocenters. The van der Waals surface area contributed by atoms with Crippen molar-refractivity contribution in [1.29, 1.82) is 0 Å². The van der Waals surface area contributed by atoms with E-state index < -0.39 is 16.1 Å². The van der Waals surface area contributed by atoms with Crippen molar-refractivity contribution in [2.24, 2.45) is 11.7 Å². The number of rotatable bonds is 9. The topological polar surface area (TPSA) is 113 Å². The highest BCUT2D eigenvalue weighted by Gasteiger charge is 2.22. The maximum Gasteiger partial charge on any atom is 0.240 e. The lowest BCUT2D eigenvalue weighted by Crippen LogP contribution is -2.47. The predicted molar refractivity (Wildman–Crippen MR) is 108 cm³/mol. The Morgan fingerprint density at radius 2 is 1.81 bits per heavy atom. The van der Waals surface area contributed by atoms with Gasteiger partial charge in [0.25, 0.3) is 0 Å². The monoisotopic (exact) mass is 396 g/mol. The van der Waals surface area contributed by atoms with Crippen LogP contribution in [0.1, 0.15) is 45.4 Å². The predicted octanol–water partition coefficient (Wildman–Crippen LogP) is 1.81. The van der Waals surface area contributed by atoms with Crippen molar-refractivity contribution in [1.82, 2.24) is 10.0 Å². The molecule has 0 saturated heterocycles. The highest BCUT2D eigenvalue weighted by Crippen LogP contribution is 2.27. The molecule has 0 bridgehead atoms. The number of sulfonamides is 1. The van der Waals surface area contributed by atoms with Gasteiger partial charge in [-0.3, -0.25) is 4.79 Å². The first-order valence-electron chi connectivity index (χ1n) is 9.65. The summed E-state index contributed by atoms with van der Waals surface area (Å²) in [7, 11) is -2.05. The van der Waals surface area contributed by atoms with E-state index in [9.17, 15) is 13.2 Å². The number of amides is 1. The summed E-state index contributed by atoms with van der Waals surface area (Å²) in [5, 5.41) is 6.15. The molecule has 1 saturated carbocycles. The summed E-state index contributed by atoms with van der Waals surface area (Å²) in [5.41, 5.74) is 6.87. The molecule has 5 N–H and O–H groups in total. The van der Waals surface area contributed by atoms with Crippen LogP contribution in [-0.4, -0.2) is 40.0 Å². The Bertz CT molecular complexity index is 700. The summed E-state index contributed by atoms with van der Waals surface area (Å²) in [5.74, 6) is 0.464. The van der Waals surface area contributed by atoms with Crippen molar-refractivity contribution in [3.05, 3.63) is 24.3 Å². The fourth-order valence-electron chi connectivity index (χ4n) is 3.43. The standard InChI is InChI=1S/C19H32N4O3S/c1-14(23-19(24)18(20)12-15-6-4-3-5-7-15)13-22-16-8-10-17(11-9-16)27(25,26)21-2/h8-11,14-15,18,21-22H,3-7,12-13,20H2,1-2H3,(H,23,24)/t14-,18-/m0/s1. The van der Waals surface area contributed by atoms with Crippen LogP contribution in [0, 0.1) is 5.92 Å². The number of hydrogen-bond acceptors (Lipinski definition) is 5. The van der Waals surface area contributed by atoms with E-state index >= 15 is 0 Å². The number of benzene rings is 1. The van der Waals surface area contributed by atoms with Gasteiger partial charge in [-0.2, -0.15) is 0 Å². The first-order chi connectivity index (χ1) is 12.8. The van der Waals surface area contributed by atoms with Gasteiger partial charge in [0.05, 0.1) is 10.9 Å². The number of nitrogens with two attached hydrogens (primary N) is 1. The maximum absolute atomic E-state index is 12.3. The summed E-state index contributed by atoms with van der Waals surface area (Å²) in [6, 6.07) is 5.94. The van der Waals surface area contributed by atoms with Crippen LogP contribution in [0.4, 0.5) is 5.69 Å². The molecule has 0 unspecified atom stereocenters. The third kappa shape index (κ3) is 6.79. The molecule has 0 aromatic heterocycles. The summed E-state index contributed by atoms with van der Waals surface area (Å²) in [6.07, 6.45) is 6.89. The number of nitrogens with one attached hydrogen (secondary N) is 3. The SMILES string of the molecule is CNS(=O)(=O)c1ccc(NC[C@H](C)NC(=O)[C@@H](N)CC2CCCCC2)cc1. The van der Waals surface area contributed by atoms with Crippen molar-refractivity contribution in [2.45, 2.75) is 62.4 Å².